The summed E-state index contributed by atoms with van der Waals surface area (Å²) in [5.74, 6) is 0.181. The number of aliphatic hydroxyl groups excluding tert-OH is 1. The number of hydrogen-bond acceptors (Lipinski definition) is 3. The molecule has 0 aromatic heterocycles. The summed E-state index contributed by atoms with van der Waals surface area (Å²) in [6.45, 7) is 5.64. The Kier molecular flexibility index (Phi) is 2.99. The molecular formula is C13H23NO3. The summed E-state index contributed by atoms with van der Waals surface area (Å²) in [6.07, 6.45) is 2.49. The molecule has 0 aromatic carbocycles. The molecule has 98 valence electrons. The lowest BCUT2D eigenvalue weighted by Gasteiger charge is -2.49. The number of nitrogens with one attached hydrogen (secondary N) is 1. The van der Waals surface area contributed by atoms with Gasteiger partial charge in [-0.2, -0.15) is 0 Å². The van der Waals surface area contributed by atoms with E-state index in [1.54, 1.807) is 6.92 Å². The highest BCUT2D eigenvalue weighted by atomic mass is 16.3. The van der Waals surface area contributed by atoms with Crippen LogP contribution in [0.2, 0.25) is 0 Å². The van der Waals surface area contributed by atoms with E-state index >= 15 is 0 Å². The predicted molar refractivity (Wildman–Crippen MR) is 64.3 cm³/mol. The Hall–Kier alpha value is -0.610. The van der Waals surface area contributed by atoms with Crippen LogP contribution in [0.5, 0.6) is 0 Å². The number of hydrogen-bond donors (Lipinski definition) is 3. The van der Waals surface area contributed by atoms with E-state index in [4.69, 9.17) is 0 Å². The second-order valence-corrected chi connectivity index (χ2v) is 6.50. The van der Waals surface area contributed by atoms with E-state index in [1.807, 2.05) is 13.8 Å². The van der Waals surface area contributed by atoms with Crippen molar-refractivity contribution in [2.24, 2.45) is 11.3 Å². The second kappa shape index (κ2) is 3.95. The maximum absolute atomic E-state index is 11.8. The Morgan fingerprint density at radius 1 is 1.47 bits per heavy atom. The Morgan fingerprint density at radius 3 is 2.47 bits per heavy atom. The molecule has 0 aliphatic heterocycles. The zero-order valence-corrected chi connectivity index (χ0v) is 10.9. The van der Waals surface area contributed by atoms with Crippen LogP contribution in [0.1, 0.15) is 46.5 Å². The molecule has 3 N–H and O–H groups in total. The van der Waals surface area contributed by atoms with Gasteiger partial charge in [-0.05, 0) is 32.1 Å². The van der Waals surface area contributed by atoms with E-state index in [9.17, 15) is 15.0 Å². The Labute approximate surface area is 102 Å². The van der Waals surface area contributed by atoms with Crippen LogP contribution in [0, 0.1) is 11.3 Å². The van der Waals surface area contributed by atoms with Gasteiger partial charge in [0.05, 0.1) is 18.1 Å². The molecule has 17 heavy (non-hydrogen) atoms. The summed E-state index contributed by atoms with van der Waals surface area (Å²) in [6, 6.07) is 0.0278. The molecular weight excluding hydrogens is 218 g/mol. The van der Waals surface area contributed by atoms with Gasteiger partial charge in [0.2, 0.25) is 5.91 Å². The number of aliphatic hydroxyl groups is 2. The molecule has 3 unspecified atom stereocenters. The van der Waals surface area contributed by atoms with Crippen molar-refractivity contribution in [1.29, 1.82) is 0 Å². The average Bonchev–Trinajstić information content (AvgIpc) is 2.99. The van der Waals surface area contributed by atoms with E-state index in [2.05, 4.69) is 5.32 Å². The molecule has 2 rings (SSSR count). The van der Waals surface area contributed by atoms with Crippen LogP contribution < -0.4 is 5.32 Å². The minimum atomic E-state index is -0.864. The van der Waals surface area contributed by atoms with E-state index in [-0.39, 0.29) is 35.8 Å². The molecule has 0 aromatic rings. The Bertz CT molecular complexity index is 321. The predicted octanol–water partition coefficient (Wildman–Crippen LogP) is 0.813. The van der Waals surface area contributed by atoms with Crippen molar-refractivity contribution in [3.63, 3.8) is 0 Å². The van der Waals surface area contributed by atoms with Crippen LogP contribution in [0.25, 0.3) is 0 Å². The minimum absolute atomic E-state index is 0.0278. The molecule has 1 amide bonds. The standard InChI is InChI=1S/C13H23NO3/c1-12(2)9(6-10(12)15)14-11(16)7-13(3,17)8-4-5-8/h8-10,15,17H,4-7H2,1-3H3,(H,14,16). The summed E-state index contributed by atoms with van der Waals surface area (Å²) in [4.78, 5) is 11.8. The highest BCUT2D eigenvalue weighted by Crippen LogP contribution is 2.42. The van der Waals surface area contributed by atoms with Gasteiger partial charge in [0, 0.05) is 11.5 Å². The first-order valence-corrected chi connectivity index (χ1v) is 6.43. The van der Waals surface area contributed by atoms with Crippen molar-refractivity contribution in [1.82, 2.24) is 5.32 Å². The first-order chi connectivity index (χ1) is 7.73. The highest BCUT2D eigenvalue weighted by Gasteiger charge is 2.48. The molecule has 4 heteroatoms. The fraction of sp³-hybridized carbons (Fsp3) is 0.923. The SMILES string of the molecule is CC(O)(CC(=O)NC1CC(O)C1(C)C)C1CC1. The van der Waals surface area contributed by atoms with Crippen molar-refractivity contribution >= 4 is 5.91 Å². The number of carbonyl (C=O) groups excluding carboxylic acids is 1. The summed E-state index contributed by atoms with van der Waals surface area (Å²) in [5.41, 5.74) is -1.11. The number of rotatable bonds is 4. The molecule has 0 bridgehead atoms. The summed E-state index contributed by atoms with van der Waals surface area (Å²) < 4.78 is 0. The summed E-state index contributed by atoms with van der Waals surface area (Å²) in [5, 5.41) is 22.6. The first kappa shape index (κ1) is 12.8. The van der Waals surface area contributed by atoms with Crippen LogP contribution in [0.15, 0.2) is 0 Å². The smallest absolute Gasteiger partial charge is 0.223 e. The lowest BCUT2D eigenvalue weighted by molar-refractivity contribution is -0.134. The Morgan fingerprint density at radius 2 is 2.06 bits per heavy atom. The fourth-order valence-electron chi connectivity index (χ4n) is 2.57. The third kappa shape index (κ3) is 2.47. The topological polar surface area (TPSA) is 69.6 Å². The first-order valence-electron chi connectivity index (χ1n) is 6.43. The molecule has 2 fully saturated rings. The number of carbonyl (C=O) groups is 1. The van der Waals surface area contributed by atoms with Gasteiger partial charge < -0.3 is 15.5 Å². The van der Waals surface area contributed by atoms with Gasteiger partial charge in [0.1, 0.15) is 0 Å². The largest absolute Gasteiger partial charge is 0.392 e. The van der Waals surface area contributed by atoms with Crippen molar-refractivity contribution in [3.05, 3.63) is 0 Å². The van der Waals surface area contributed by atoms with E-state index in [1.165, 1.54) is 0 Å². The molecule has 2 saturated carbocycles. The van der Waals surface area contributed by atoms with Crippen LogP contribution >= 0.6 is 0 Å². The van der Waals surface area contributed by atoms with Gasteiger partial charge in [-0.1, -0.05) is 13.8 Å². The van der Waals surface area contributed by atoms with Crippen molar-refractivity contribution < 1.29 is 15.0 Å². The normalized spacial score (nSPS) is 34.6. The Balaban J connectivity index is 1.82. The highest BCUT2D eigenvalue weighted by molar-refractivity contribution is 5.77. The third-order valence-electron chi connectivity index (χ3n) is 4.53. The van der Waals surface area contributed by atoms with E-state index < -0.39 is 5.60 Å². The lowest BCUT2D eigenvalue weighted by atomic mass is 9.64. The van der Waals surface area contributed by atoms with Gasteiger partial charge >= 0.3 is 0 Å². The molecule has 4 nitrogen and oxygen atoms in total. The molecule has 0 radical (unpaired) electrons. The van der Waals surface area contributed by atoms with Crippen LogP contribution in [-0.2, 0) is 4.79 Å². The van der Waals surface area contributed by atoms with Gasteiger partial charge in [-0.25, -0.2) is 0 Å². The number of amides is 1. The maximum atomic E-state index is 11.8. The van der Waals surface area contributed by atoms with Crippen molar-refractivity contribution in [2.45, 2.75) is 64.2 Å². The molecule has 0 heterocycles. The van der Waals surface area contributed by atoms with E-state index in [0.29, 0.717) is 6.42 Å². The maximum Gasteiger partial charge on any atom is 0.223 e. The fourth-order valence-corrected chi connectivity index (χ4v) is 2.57. The van der Waals surface area contributed by atoms with Crippen molar-refractivity contribution in [3.8, 4) is 0 Å². The molecule has 2 aliphatic carbocycles. The molecule has 0 saturated heterocycles. The monoisotopic (exact) mass is 241 g/mol. The van der Waals surface area contributed by atoms with Crippen LogP contribution in [-0.4, -0.2) is 33.9 Å². The summed E-state index contributed by atoms with van der Waals surface area (Å²) in [7, 11) is 0. The minimum Gasteiger partial charge on any atom is -0.392 e. The zero-order valence-electron chi connectivity index (χ0n) is 10.9. The zero-order chi connectivity index (χ0) is 12.8. The van der Waals surface area contributed by atoms with Gasteiger partial charge in [0.25, 0.3) is 0 Å². The average molecular weight is 241 g/mol. The van der Waals surface area contributed by atoms with Crippen LogP contribution in [0.4, 0.5) is 0 Å². The summed E-state index contributed by atoms with van der Waals surface area (Å²) >= 11 is 0. The van der Waals surface area contributed by atoms with E-state index in [0.717, 1.165) is 12.8 Å². The van der Waals surface area contributed by atoms with Gasteiger partial charge in [0.15, 0.2) is 0 Å². The van der Waals surface area contributed by atoms with Gasteiger partial charge in [-0.15, -0.1) is 0 Å². The quantitative estimate of drug-likeness (QED) is 0.682. The lowest BCUT2D eigenvalue weighted by Crippen LogP contribution is -2.61. The van der Waals surface area contributed by atoms with Crippen molar-refractivity contribution in [2.75, 3.05) is 0 Å². The second-order valence-electron chi connectivity index (χ2n) is 6.50. The molecule has 3 atom stereocenters. The van der Waals surface area contributed by atoms with Gasteiger partial charge in [-0.3, -0.25) is 4.79 Å². The third-order valence-corrected chi connectivity index (χ3v) is 4.53. The molecule has 0 spiro atoms. The molecule has 2 aliphatic rings. The van der Waals surface area contributed by atoms with Crippen LogP contribution in [0.3, 0.4) is 0 Å².